The van der Waals surface area contributed by atoms with Gasteiger partial charge in [0, 0.05) is 38.4 Å². The van der Waals surface area contributed by atoms with Crippen molar-refractivity contribution in [2.24, 2.45) is 5.73 Å². The molecule has 0 aliphatic carbocycles. The van der Waals surface area contributed by atoms with E-state index in [-0.39, 0.29) is 19.1 Å². The Labute approximate surface area is 163 Å². The highest BCUT2D eigenvalue weighted by atomic mass is 16.5. The van der Waals surface area contributed by atoms with Gasteiger partial charge in [0.15, 0.2) is 0 Å². The fourth-order valence-electron chi connectivity index (χ4n) is 4.22. The molecule has 5 N–H and O–H groups in total. The zero-order valence-electron chi connectivity index (χ0n) is 16.8. The monoisotopic (exact) mass is 372 g/mol. The Balaban J connectivity index is 1.52. The first-order valence-electron chi connectivity index (χ1n) is 9.95. The predicted octanol–water partition coefficient (Wildman–Crippen LogP) is 0.0159. The molecular weight excluding hydrogens is 339 g/mol. The number of hydrogen-bond acceptors (Lipinski definition) is 6. The van der Waals surface area contributed by atoms with Gasteiger partial charge in [0.25, 0.3) is 0 Å². The topological polar surface area (TPSA) is 82.8 Å². The largest absolute Gasteiger partial charge is 0.487 e. The second kappa shape index (κ2) is 8.65. The molecule has 7 heteroatoms. The van der Waals surface area contributed by atoms with Crippen LogP contribution in [0.15, 0.2) is 24.4 Å². The van der Waals surface area contributed by atoms with Crippen LogP contribution < -0.4 is 26.6 Å². The molecule has 1 aromatic carbocycles. The Hall–Kier alpha value is -1.54. The Bertz CT molecular complexity index is 678. The average Bonchev–Trinajstić information content (AvgIpc) is 2.91. The SMILES string of the molecule is C=C(NCCN)C(CN1CC(Oc2ccc3c(c2C)B(O)C[C@@H]3C)C1)NC. The Kier molecular flexibility index (Phi) is 6.47. The minimum Gasteiger partial charge on any atom is -0.487 e. The molecule has 0 bridgehead atoms. The zero-order chi connectivity index (χ0) is 19.6. The number of rotatable bonds is 9. The van der Waals surface area contributed by atoms with E-state index in [0.29, 0.717) is 12.5 Å². The average molecular weight is 372 g/mol. The first kappa shape index (κ1) is 20.2. The first-order valence-corrected chi connectivity index (χ1v) is 9.95. The van der Waals surface area contributed by atoms with E-state index in [1.54, 1.807) is 0 Å². The molecule has 27 heavy (non-hydrogen) atoms. The molecule has 2 atom stereocenters. The van der Waals surface area contributed by atoms with E-state index in [9.17, 15) is 5.02 Å². The molecule has 1 saturated heterocycles. The van der Waals surface area contributed by atoms with Gasteiger partial charge < -0.3 is 26.1 Å². The molecule has 1 unspecified atom stereocenters. The standard InChI is InChI=1S/C20H33BN4O2/c1-13-9-21(26)20-14(2)19(6-5-17(13)20)27-16-10-25(11-16)12-18(23-4)15(3)24-8-7-22/h5-6,13,16,18,23-24,26H,3,7-12,22H2,1-2,4H3/t13-,18?/m0/s1. The molecule has 1 aromatic rings. The lowest BCUT2D eigenvalue weighted by Gasteiger charge is -2.41. The molecule has 148 valence electrons. The molecule has 2 heterocycles. The van der Waals surface area contributed by atoms with E-state index < -0.39 is 0 Å². The van der Waals surface area contributed by atoms with Crippen molar-refractivity contribution in [2.45, 2.75) is 38.2 Å². The van der Waals surface area contributed by atoms with Crippen LogP contribution >= 0.6 is 0 Å². The molecule has 1 fully saturated rings. The maximum Gasteiger partial charge on any atom is 0.324 e. The number of nitrogens with one attached hydrogen (secondary N) is 2. The van der Waals surface area contributed by atoms with E-state index in [1.807, 2.05) is 7.05 Å². The number of nitrogens with two attached hydrogens (primary N) is 1. The summed E-state index contributed by atoms with van der Waals surface area (Å²) < 4.78 is 6.23. The Morgan fingerprint density at radius 1 is 1.48 bits per heavy atom. The van der Waals surface area contributed by atoms with Crippen LogP contribution in [0.3, 0.4) is 0 Å². The van der Waals surface area contributed by atoms with E-state index in [4.69, 9.17) is 10.5 Å². The fourth-order valence-corrected chi connectivity index (χ4v) is 4.22. The van der Waals surface area contributed by atoms with Gasteiger partial charge in [0.1, 0.15) is 11.9 Å². The Morgan fingerprint density at radius 2 is 2.22 bits per heavy atom. The summed E-state index contributed by atoms with van der Waals surface area (Å²) >= 11 is 0. The smallest absolute Gasteiger partial charge is 0.324 e. The van der Waals surface area contributed by atoms with Gasteiger partial charge in [-0.1, -0.05) is 19.6 Å². The summed E-state index contributed by atoms with van der Waals surface area (Å²) in [5, 5.41) is 16.9. The lowest BCUT2D eigenvalue weighted by atomic mass is 9.61. The van der Waals surface area contributed by atoms with Gasteiger partial charge in [0.05, 0.1) is 6.04 Å². The molecule has 2 aliphatic heterocycles. The number of fused-ring (bicyclic) bond motifs is 1. The Morgan fingerprint density at radius 3 is 2.89 bits per heavy atom. The summed E-state index contributed by atoms with van der Waals surface area (Å²) in [5.41, 5.74) is 9.96. The third-order valence-corrected chi connectivity index (χ3v) is 5.86. The highest BCUT2D eigenvalue weighted by molar-refractivity contribution is 6.68. The molecule has 0 saturated carbocycles. The summed E-state index contributed by atoms with van der Waals surface area (Å²) in [4.78, 5) is 2.36. The van der Waals surface area contributed by atoms with Gasteiger partial charge in [-0.05, 0) is 48.9 Å². The van der Waals surface area contributed by atoms with E-state index in [2.05, 4.69) is 48.1 Å². The summed E-state index contributed by atoms with van der Waals surface area (Å²) in [6.07, 6.45) is 1.00. The van der Waals surface area contributed by atoms with Crippen molar-refractivity contribution in [3.8, 4) is 5.75 Å². The summed E-state index contributed by atoms with van der Waals surface area (Å²) in [6, 6.07) is 4.38. The predicted molar refractivity (Wildman–Crippen MR) is 112 cm³/mol. The number of nitrogens with zero attached hydrogens (tertiary/aromatic N) is 1. The van der Waals surface area contributed by atoms with Gasteiger partial charge in [-0.25, -0.2) is 0 Å². The second-order valence-electron chi connectivity index (χ2n) is 7.88. The van der Waals surface area contributed by atoms with Crippen molar-refractivity contribution in [1.29, 1.82) is 0 Å². The van der Waals surface area contributed by atoms with Gasteiger partial charge in [-0.15, -0.1) is 0 Å². The highest BCUT2D eigenvalue weighted by Gasteiger charge is 2.35. The summed E-state index contributed by atoms with van der Waals surface area (Å²) in [5.74, 6) is 1.33. The van der Waals surface area contributed by atoms with Crippen LogP contribution in [0.2, 0.25) is 6.32 Å². The van der Waals surface area contributed by atoms with Crippen LogP contribution in [0.4, 0.5) is 0 Å². The van der Waals surface area contributed by atoms with Crippen LogP contribution in [-0.4, -0.2) is 68.8 Å². The fraction of sp³-hybridized carbons (Fsp3) is 0.600. The lowest BCUT2D eigenvalue weighted by Crippen LogP contribution is -2.58. The van der Waals surface area contributed by atoms with E-state index >= 15 is 0 Å². The number of hydrogen-bond donors (Lipinski definition) is 4. The number of likely N-dealkylation sites (N-methyl/N-ethyl adjacent to an activating group) is 1. The van der Waals surface area contributed by atoms with E-state index in [1.165, 1.54) is 5.56 Å². The minimum atomic E-state index is -0.361. The van der Waals surface area contributed by atoms with Crippen molar-refractivity contribution in [3.63, 3.8) is 0 Å². The molecule has 0 spiro atoms. The molecule has 0 radical (unpaired) electrons. The molecule has 6 nitrogen and oxygen atoms in total. The number of benzene rings is 1. The van der Waals surface area contributed by atoms with Gasteiger partial charge >= 0.3 is 6.92 Å². The summed E-state index contributed by atoms with van der Waals surface area (Å²) in [7, 11) is 1.95. The molecule has 0 amide bonds. The normalized spacial score (nSPS) is 20.9. The van der Waals surface area contributed by atoms with Crippen LogP contribution in [0, 0.1) is 6.92 Å². The van der Waals surface area contributed by atoms with Crippen LogP contribution in [0.25, 0.3) is 0 Å². The second-order valence-corrected chi connectivity index (χ2v) is 7.88. The molecule has 3 rings (SSSR count). The van der Waals surface area contributed by atoms with Crippen molar-refractivity contribution in [2.75, 3.05) is 39.8 Å². The van der Waals surface area contributed by atoms with Gasteiger partial charge in [-0.2, -0.15) is 0 Å². The third-order valence-electron chi connectivity index (χ3n) is 5.86. The van der Waals surface area contributed by atoms with Gasteiger partial charge in [-0.3, -0.25) is 4.90 Å². The van der Waals surface area contributed by atoms with Crippen LogP contribution in [-0.2, 0) is 0 Å². The van der Waals surface area contributed by atoms with Crippen molar-refractivity contribution in [3.05, 3.63) is 35.5 Å². The number of ether oxygens (including phenoxy) is 1. The number of likely N-dealkylation sites (tertiary alicyclic amines) is 1. The first-order chi connectivity index (χ1) is 12.9. The minimum absolute atomic E-state index is 0.191. The quantitative estimate of drug-likeness (QED) is 0.458. The molecular formula is C20H33BN4O2. The lowest BCUT2D eigenvalue weighted by molar-refractivity contribution is 0.0161. The van der Waals surface area contributed by atoms with Crippen molar-refractivity contribution >= 4 is 12.4 Å². The van der Waals surface area contributed by atoms with Crippen LogP contribution in [0.5, 0.6) is 5.75 Å². The van der Waals surface area contributed by atoms with Gasteiger partial charge in [0.2, 0.25) is 0 Å². The van der Waals surface area contributed by atoms with Crippen molar-refractivity contribution in [1.82, 2.24) is 15.5 Å². The third kappa shape index (κ3) is 4.32. The van der Waals surface area contributed by atoms with Crippen molar-refractivity contribution < 1.29 is 9.76 Å². The summed E-state index contributed by atoms with van der Waals surface area (Å²) in [6.45, 7) is 12.0. The zero-order valence-corrected chi connectivity index (χ0v) is 16.8. The highest BCUT2D eigenvalue weighted by Crippen LogP contribution is 2.32. The maximum atomic E-state index is 10.4. The van der Waals surface area contributed by atoms with Crippen LogP contribution in [0.1, 0.15) is 24.0 Å². The molecule has 2 aliphatic rings. The maximum absolute atomic E-state index is 10.4. The molecule has 0 aromatic heterocycles. The van der Waals surface area contributed by atoms with E-state index in [0.717, 1.165) is 55.0 Å².